The minimum atomic E-state index is -1.95. The highest BCUT2D eigenvalue weighted by Crippen LogP contribution is 2.57. The minimum absolute atomic E-state index is 0.233. The summed E-state index contributed by atoms with van der Waals surface area (Å²) in [4.78, 5) is 0. The Bertz CT molecular complexity index is 120. The van der Waals surface area contributed by atoms with Gasteiger partial charge in [0.05, 0.1) is 0 Å². The van der Waals surface area contributed by atoms with E-state index in [4.69, 9.17) is 44.3 Å². The van der Waals surface area contributed by atoms with E-state index in [9.17, 15) is 0 Å². The molecule has 0 aromatic rings. The Morgan fingerprint density at radius 2 is 1.44 bits per heavy atom. The molecule has 0 unspecified atom stereocenters. The van der Waals surface area contributed by atoms with Crippen LogP contribution in [0, 0.1) is 0 Å². The third kappa shape index (κ3) is 1.44. The Labute approximate surface area is 75.3 Å². The molecular formula is C3H6Cl4Si2. The molecule has 0 aromatic heterocycles. The van der Waals surface area contributed by atoms with E-state index in [2.05, 4.69) is 0 Å². The minimum Gasteiger partial charge on any atom is -0.146 e. The molecule has 0 nitrogen and oxygen atoms in total. The van der Waals surface area contributed by atoms with E-state index in [1.807, 2.05) is 6.92 Å². The van der Waals surface area contributed by atoms with E-state index in [0.717, 1.165) is 5.67 Å². The summed E-state index contributed by atoms with van der Waals surface area (Å²) in [5, 5.41) is 0.233. The molecule has 1 rings (SSSR count). The predicted molar refractivity (Wildman–Crippen MR) is 49.2 cm³/mol. The SMILES string of the molecule is CC1[Si](Cl)(Cl)C[Si]1(Cl)Cl. The molecule has 0 amide bonds. The van der Waals surface area contributed by atoms with Crippen LogP contribution in [0.15, 0.2) is 0 Å². The average molecular weight is 240 g/mol. The van der Waals surface area contributed by atoms with Crippen molar-refractivity contribution in [3.8, 4) is 0 Å². The molecule has 0 aliphatic carbocycles. The van der Waals surface area contributed by atoms with Crippen molar-refractivity contribution in [2.75, 3.05) is 0 Å². The first-order valence-corrected chi connectivity index (χ1v) is 11.2. The maximum Gasteiger partial charge on any atom is 0.253 e. The summed E-state index contributed by atoms with van der Waals surface area (Å²) in [7, 11) is 0. The van der Waals surface area contributed by atoms with E-state index in [-0.39, 0.29) is 5.16 Å². The Morgan fingerprint density at radius 1 is 1.11 bits per heavy atom. The molecule has 0 spiro atoms. The second-order valence-corrected chi connectivity index (χ2v) is 18.4. The fourth-order valence-electron chi connectivity index (χ4n) is 0.798. The highest BCUT2D eigenvalue weighted by atomic mass is 35.7. The average Bonchev–Trinajstić information content (AvgIpc) is 1.63. The Morgan fingerprint density at radius 3 is 1.44 bits per heavy atom. The summed E-state index contributed by atoms with van der Waals surface area (Å²) in [6.07, 6.45) is 0. The molecule has 1 fully saturated rings. The first kappa shape index (κ1) is 8.69. The summed E-state index contributed by atoms with van der Waals surface area (Å²) >= 11 is 23.6. The van der Waals surface area contributed by atoms with Crippen molar-refractivity contribution < 1.29 is 0 Å². The summed E-state index contributed by atoms with van der Waals surface area (Å²) in [5.41, 5.74) is 0.730. The van der Waals surface area contributed by atoms with Gasteiger partial charge in [0.2, 0.25) is 0 Å². The molecule has 0 N–H and O–H groups in total. The van der Waals surface area contributed by atoms with Gasteiger partial charge in [-0.05, 0) is 5.67 Å². The van der Waals surface area contributed by atoms with Gasteiger partial charge in [-0.25, -0.2) is 0 Å². The van der Waals surface area contributed by atoms with Crippen LogP contribution in [0.5, 0.6) is 0 Å². The fraction of sp³-hybridized carbons (Fsp3) is 1.00. The van der Waals surface area contributed by atoms with Crippen LogP contribution in [0.4, 0.5) is 0 Å². The highest BCUT2D eigenvalue weighted by Gasteiger charge is 2.63. The van der Waals surface area contributed by atoms with E-state index >= 15 is 0 Å². The van der Waals surface area contributed by atoms with Crippen molar-refractivity contribution >= 4 is 57.7 Å². The molecular weight excluding hydrogens is 234 g/mol. The van der Waals surface area contributed by atoms with E-state index in [1.54, 1.807) is 0 Å². The normalized spacial score (nSPS) is 31.7. The molecule has 6 heteroatoms. The van der Waals surface area contributed by atoms with E-state index < -0.39 is 13.4 Å². The van der Waals surface area contributed by atoms with Gasteiger partial charge in [0, 0.05) is 5.16 Å². The lowest BCUT2D eigenvalue weighted by Gasteiger charge is -2.43. The van der Waals surface area contributed by atoms with Gasteiger partial charge in [0.15, 0.2) is 0 Å². The smallest absolute Gasteiger partial charge is 0.146 e. The second kappa shape index (κ2) is 2.29. The topological polar surface area (TPSA) is 0 Å². The molecule has 9 heavy (non-hydrogen) atoms. The quantitative estimate of drug-likeness (QED) is 0.450. The standard InChI is InChI=1S/C3H6Cl4Si2/c1-3-8(4,5)2-9(3,6)7/h3H,2H2,1H3. The molecule has 1 saturated heterocycles. The third-order valence-corrected chi connectivity index (χ3v) is 21.9. The molecule has 0 atom stereocenters. The van der Waals surface area contributed by atoms with Gasteiger partial charge in [-0.15, -0.1) is 44.3 Å². The number of hydrogen-bond donors (Lipinski definition) is 0. The summed E-state index contributed by atoms with van der Waals surface area (Å²) in [6.45, 7) is -1.93. The van der Waals surface area contributed by atoms with Crippen molar-refractivity contribution in [1.29, 1.82) is 0 Å². The highest BCUT2D eigenvalue weighted by molar-refractivity contribution is 7.68. The molecule has 0 saturated carbocycles. The van der Waals surface area contributed by atoms with Crippen LogP contribution in [-0.2, 0) is 0 Å². The van der Waals surface area contributed by atoms with Crippen molar-refractivity contribution in [3.63, 3.8) is 0 Å². The summed E-state index contributed by atoms with van der Waals surface area (Å²) < 4.78 is 0. The maximum absolute atomic E-state index is 5.91. The molecule has 1 aliphatic rings. The van der Waals surface area contributed by atoms with Crippen LogP contribution in [0.1, 0.15) is 6.92 Å². The van der Waals surface area contributed by atoms with E-state index in [1.165, 1.54) is 0 Å². The zero-order valence-corrected chi connectivity index (χ0v) is 9.82. The lowest BCUT2D eigenvalue weighted by Crippen LogP contribution is -2.55. The van der Waals surface area contributed by atoms with Crippen molar-refractivity contribution in [1.82, 2.24) is 0 Å². The third-order valence-electron chi connectivity index (χ3n) is 1.74. The largest absolute Gasteiger partial charge is 0.253 e. The Kier molecular flexibility index (Phi) is 2.21. The van der Waals surface area contributed by atoms with E-state index in [0.29, 0.717) is 0 Å². The zero-order chi connectivity index (χ0) is 7.28. The molecule has 0 bridgehead atoms. The number of hydrogen-bond acceptors (Lipinski definition) is 0. The Hall–Kier alpha value is 1.59. The van der Waals surface area contributed by atoms with Gasteiger partial charge < -0.3 is 0 Å². The zero-order valence-electron chi connectivity index (χ0n) is 4.80. The lowest BCUT2D eigenvalue weighted by atomic mass is 10.9. The predicted octanol–water partition coefficient (Wildman–Crippen LogP) is 3.31. The summed E-state index contributed by atoms with van der Waals surface area (Å²) in [5.74, 6) is 0. The van der Waals surface area contributed by atoms with Crippen molar-refractivity contribution in [2.45, 2.75) is 17.8 Å². The van der Waals surface area contributed by atoms with Crippen LogP contribution in [0.2, 0.25) is 10.8 Å². The van der Waals surface area contributed by atoms with Crippen molar-refractivity contribution in [2.24, 2.45) is 0 Å². The number of rotatable bonds is 0. The van der Waals surface area contributed by atoms with Crippen LogP contribution in [0.25, 0.3) is 0 Å². The molecule has 1 aliphatic heterocycles. The summed E-state index contributed by atoms with van der Waals surface area (Å²) in [6, 6.07) is 0. The van der Waals surface area contributed by atoms with Crippen LogP contribution < -0.4 is 0 Å². The molecule has 0 radical (unpaired) electrons. The van der Waals surface area contributed by atoms with Crippen LogP contribution in [0.3, 0.4) is 0 Å². The maximum atomic E-state index is 5.91. The van der Waals surface area contributed by atoms with Gasteiger partial charge >= 0.3 is 0 Å². The first-order valence-electron chi connectivity index (χ1n) is 2.62. The molecule has 0 aromatic carbocycles. The van der Waals surface area contributed by atoms with Gasteiger partial charge in [-0.3, -0.25) is 0 Å². The monoisotopic (exact) mass is 238 g/mol. The van der Waals surface area contributed by atoms with Crippen molar-refractivity contribution in [3.05, 3.63) is 0 Å². The number of halogens is 4. The van der Waals surface area contributed by atoms with Gasteiger partial charge in [0.1, 0.15) is 0 Å². The second-order valence-electron chi connectivity index (χ2n) is 2.42. The van der Waals surface area contributed by atoms with Gasteiger partial charge in [0.25, 0.3) is 13.4 Å². The molecule has 54 valence electrons. The fourth-order valence-corrected chi connectivity index (χ4v) is 26.0. The lowest BCUT2D eigenvalue weighted by molar-refractivity contribution is 1.20. The molecule has 1 heterocycles. The van der Waals surface area contributed by atoms with Crippen LogP contribution >= 0.6 is 44.3 Å². The van der Waals surface area contributed by atoms with Gasteiger partial charge in [-0.2, -0.15) is 0 Å². The Balaban J connectivity index is 2.62. The van der Waals surface area contributed by atoms with Crippen LogP contribution in [-0.4, -0.2) is 13.4 Å². The van der Waals surface area contributed by atoms with Gasteiger partial charge in [-0.1, -0.05) is 6.92 Å². The first-order chi connectivity index (χ1) is 3.86.